The summed E-state index contributed by atoms with van der Waals surface area (Å²) in [5.74, 6) is -1.44. The number of carbonyl (C=O) groups excluding carboxylic acids is 3. The van der Waals surface area contributed by atoms with Crippen LogP contribution >= 0.6 is 23.2 Å². The van der Waals surface area contributed by atoms with E-state index in [0.29, 0.717) is 16.3 Å². The van der Waals surface area contributed by atoms with Crippen molar-refractivity contribution >= 4 is 46.5 Å². The SMILES string of the molecule is CC(=O)c1ccccc1NC(=O)[C@H](C)OC(=O)c1ccc(Cl)c(Cl)c1. The van der Waals surface area contributed by atoms with Crippen LogP contribution in [0.4, 0.5) is 5.69 Å². The van der Waals surface area contributed by atoms with Crippen LogP contribution < -0.4 is 5.32 Å². The monoisotopic (exact) mass is 379 g/mol. The number of rotatable bonds is 5. The Morgan fingerprint density at radius 3 is 2.36 bits per heavy atom. The van der Waals surface area contributed by atoms with Gasteiger partial charge in [0.15, 0.2) is 11.9 Å². The topological polar surface area (TPSA) is 72.5 Å². The summed E-state index contributed by atoms with van der Waals surface area (Å²) >= 11 is 11.7. The lowest BCUT2D eigenvalue weighted by Crippen LogP contribution is -2.30. The Balaban J connectivity index is 2.06. The number of anilines is 1. The van der Waals surface area contributed by atoms with Crippen molar-refractivity contribution in [1.82, 2.24) is 0 Å². The van der Waals surface area contributed by atoms with Crippen LogP contribution in [0.5, 0.6) is 0 Å². The van der Waals surface area contributed by atoms with E-state index in [1.165, 1.54) is 32.0 Å². The number of para-hydroxylation sites is 1. The van der Waals surface area contributed by atoms with Gasteiger partial charge in [0, 0.05) is 5.56 Å². The molecule has 25 heavy (non-hydrogen) atoms. The molecule has 2 rings (SSSR count). The zero-order chi connectivity index (χ0) is 18.6. The predicted octanol–water partition coefficient (Wildman–Crippen LogP) is 4.38. The Kier molecular flexibility index (Phi) is 6.17. The molecule has 0 saturated heterocycles. The van der Waals surface area contributed by atoms with E-state index in [0.717, 1.165) is 0 Å². The summed E-state index contributed by atoms with van der Waals surface area (Å²) in [4.78, 5) is 35.9. The van der Waals surface area contributed by atoms with Crippen molar-refractivity contribution in [1.29, 1.82) is 0 Å². The first-order valence-corrected chi connectivity index (χ1v) is 8.12. The normalized spacial score (nSPS) is 11.5. The second-order valence-electron chi connectivity index (χ2n) is 5.27. The first-order valence-electron chi connectivity index (χ1n) is 7.36. The Bertz CT molecular complexity index is 836. The van der Waals surface area contributed by atoms with Gasteiger partial charge in [-0.3, -0.25) is 9.59 Å². The number of ether oxygens (including phenoxy) is 1. The van der Waals surface area contributed by atoms with Crippen molar-refractivity contribution in [2.45, 2.75) is 20.0 Å². The summed E-state index contributed by atoms with van der Waals surface area (Å²) in [7, 11) is 0. The summed E-state index contributed by atoms with van der Waals surface area (Å²) in [6.07, 6.45) is -1.07. The molecule has 2 aromatic rings. The molecule has 1 amide bonds. The van der Waals surface area contributed by atoms with Crippen LogP contribution in [0, 0.1) is 0 Å². The molecule has 0 aliphatic carbocycles. The van der Waals surface area contributed by atoms with Crippen molar-refractivity contribution in [2.75, 3.05) is 5.32 Å². The molecule has 2 aromatic carbocycles. The standard InChI is InChI=1S/C18H15Cl2NO4/c1-10(22)13-5-3-4-6-16(13)21-17(23)11(2)25-18(24)12-7-8-14(19)15(20)9-12/h3-9,11H,1-2H3,(H,21,23)/t11-/m0/s1. The summed E-state index contributed by atoms with van der Waals surface area (Å²) in [5, 5.41) is 3.11. The van der Waals surface area contributed by atoms with Crippen molar-refractivity contribution in [3.8, 4) is 0 Å². The van der Waals surface area contributed by atoms with E-state index in [9.17, 15) is 14.4 Å². The average molecular weight is 380 g/mol. The van der Waals surface area contributed by atoms with Gasteiger partial charge in [-0.15, -0.1) is 0 Å². The highest BCUT2D eigenvalue weighted by molar-refractivity contribution is 6.42. The van der Waals surface area contributed by atoms with E-state index in [1.54, 1.807) is 24.3 Å². The third-order valence-electron chi connectivity index (χ3n) is 3.37. The molecular formula is C18H15Cl2NO4. The van der Waals surface area contributed by atoms with Crippen LogP contribution in [0.1, 0.15) is 34.6 Å². The highest BCUT2D eigenvalue weighted by Crippen LogP contribution is 2.23. The number of benzene rings is 2. The molecule has 7 heteroatoms. The molecule has 0 radical (unpaired) electrons. The largest absolute Gasteiger partial charge is 0.449 e. The molecule has 0 fully saturated rings. The molecule has 0 saturated carbocycles. The van der Waals surface area contributed by atoms with Gasteiger partial charge in [0.05, 0.1) is 21.3 Å². The Hall–Kier alpha value is -2.37. The minimum Gasteiger partial charge on any atom is -0.449 e. The van der Waals surface area contributed by atoms with Crippen LogP contribution in [0.3, 0.4) is 0 Å². The van der Waals surface area contributed by atoms with Crippen LogP contribution in [0.15, 0.2) is 42.5 Å². The van der Waals surface area contributed by atoms with Gasteiger partial charge in [-0.1, -0.05) is 35.3 Å². The number of Topliss-reactive ketones (excluding diaryl/α,β-unsaturated/α-hetero) is 1. The third-order valence-corrected chi connectivity index (χ3v) is 4.11. The minimum atomic E-state index is -1.07. The molecule has 130 valence electrons. The molecule has 1 N–H and O–H groups in total. The second kappa shape index (κ2) is 8.14. The van der Waals surface area contributed by atoms with Crippen LogP contribution in [0.2, 0.25) is 10.0 Å². The summed E-state index contributed by atoms with van der Waals surface area (Å²) in [5.41, 5.74) is 0.912. The zero-order valence-corrected chi connectivity index (χ0v) is 15.0. The number of halogens is 2. The van der Waals surface area contributed by atoms with Gasteiger partial charge >= 0.3 is 5.97 Å². The van der Waals surface area contributed by atoms with Crippen LogP contribution in [-0.2, 0) is 9.53 Å². The first kappa shape index (κ1) is 19.0. The van der Waals surface area contributed by atoms with Crippen molar-refractivity contribution in [3.05, 3.63) is 63.6 Å². The maximum atomic E-state index is 12.2. The van der Waals surface area contributed by atoms with Gasteiger partial charge in [-0.05, 0) is 44.2 Å². The lowest BCUT2D eigenvalue weighted by molar-refractivity contribution is -0.123. The molecule has 0 bridgehead atoms. The summed E-state index contributed by atoms with van der Waals surface area (Å²) in [6, 6.07) is 10.9. The van der Waals surface area contributed by atoms with Crippen molar-refractivity contribution in [2.24, 2.45) is 0 Å². The third kappa shape index (κ3) is 4.81. The summed E-state index contributed by atoms with van der Waals surface area (Å²) < 4.78 is 5.13. The van der Waals surface area contributed by atoms with E-state index in [4.69, 9.17) is 27.9 Å². The lowest BCUT2D eigenvalue weighted by atomic mass is 10.1. The highest BCUT2D eigenvalue weighted by atomic mass is 35.5. The molecule has 0 aromatic heterocycles. The number of ketones is 1. The number of amides is 1. The number of hydrogen-bond donors (Lipinski definition) is 1. The smallest absolute Gasteiger partial charge is 0.338 e. The maximum absolute atomic E-state index is 12.2. The fourth-order valence-corrected chi connectivity index (χ4v) is 2.34. The number of hydrogen-bond acceptors (Lipinski definition) is 4. The Labute approximate surface area is 154 Å². The Morgan fingerprint density at radius 1 is 1.04 bits per heavy atom. The molecule has 1 atom stereocenters. The van der Waals surface area contributed by atoms with E-state index in [-0.39, 0.29) is 16.4 Å². The second-order valence-corrected chi connectivity index (χ2v) is 6.08. The van der Waals surface area contributed by atoms with Gasteiger partial charge in [0.2, 0.25) is 0 Å². The zero-order valence-electron chi connectivity index (χ0n) is 13.5. The van der Waals surface area contributed by atoms with Crippen LogP contribution in [-0.4, -0.2) is 23.8 Å². The van der Waals surface area contributed by atoms with Gasteiger partial charge in [0.25, 0.3) is 5.91 Å². The quantitative estimate of drug-likeness (QED) is 0.617. The lowest BCUT2D eigenvalue weighted by Gasteiger charge is -2.15. The fourth-order valence-electron chi connectivity index (χ4n) is 2.04. The van der Waals surface area contributed by atoms with Crippen molar-refractivity contribution in [3.63, 3.8) is 0 Å². The first-order chi connectivity index (χ1) is 11.8. The number of nitrogens with one attached hydrogen (secondary N) is 1. The van der Waals surface area contributed by atoms with E-state index in [2.05, 4.69) is 5.32 Å². The van der Waals surface area contributed by atoms with E-state index < -0.39 is 18.0 Å². The highest BCUT2D eigenvalue weighted by Gasteiger charge is 2.21. The van der Waals surface area contributed by atoms with Crippen molar-refractivity contribution < 1.29 is 19.1 Å². The summed E-state index contributed by atoms with van der Waals surface area (Å²) in [6.45, 7) is 2.83. The van der Waals surface area contributed by atoms with Gasteiger partial charge in [0.1, 0.15) is 0 Å². The average Bonchev–Trinajstić information content (AvgIpc) is 2.57. The maximum Gasteiger partial charge on any atom is 0.338 e. The van der Waals surface area contributed by atoms with Gasteiger partial charge in [-0.25, -0.2) is 4.79 Å². The number of esters is 1. The molecule has 0 aliphatic rings. The fraction of sp³-hybridized carbons (Fsp3) is 0.167. The molecule has 0 unspecified atom stereocenters. The molecule has 5 nitrogen and oxygen atoms in total. The van der Waals surface area contributed by atoms with Gasteiger partial charge in [-0.2, -0.15) is 0 Å². The van der Waals surface area contributed by atoms with E-state index in [1.807, 2.05) is 0 Å². The molecule has 0 spiro atoms. The van der Waals surface area contributed by atoms with E-state index >= 15 is 0 Å². The Morgan fingerprint density at radius 2 is 1.72 bits per heavy atom. The molecule has 0 aliphatic heterocycles. The molecular weight excluding hydrogens is 365 g/mol. The van der Waals surface area contributed by atoms with Gasteiger partial charge < -0.3 is 10.1 Å². The molecule has 0 heterocycles. The van der Waals surface area contributed by atoms with Crippen LogP contribution in [0.25, 0.3) is 0 Å². The minimum absolute atomic E-state index is 0.179. The predicted molar refractivity (Wildman–Crippen MR) is 96.4 cm³/mol. The number of carbonyl (C=O) groups is 3.